The van der Waals surface area contributed by atoms with Crippen molar-refractivity contribution in [3.8, 4) is 0 Å². The molecule has 0 aromatic heterocycles. The van der Waals surface area contributed by atoms with Crippen LogP contribution in [0.15, 0.2) is 24.3 Å². The molecule has 0 saturated carbocycles. The number of fused-ring (bicyclic) bond motifs is 1. The third kappa shape index (κ3) is 1.42. The molecule has 4 heteroatoms. The fourth-order valence-electron chi connectivity index (χ4n) is 1.99. The lowest BCUT2D eigenvalue weighted by atomic mass is 10.1. The Hall–Kier alpha value is -1.68. The second kappa shape index (κ2) is 4.06. The molecule has 4 nitrogen and oxygen atoms in total. The first kappa shape index (κ1) is 10.8. The van der Waals surface area contributed by atoms with Crippen LogP contribution in [0.25, 0.3) is 0 Å². The predicted molar refractivity (Wildman–Crippen MR) is 60.1 cm³/mol. The van der Waals surface area contributed by atoms with E-state index in [9.17, 15) is 9.59 Å². The van der Waals surface area contributed by atoms with Gasteiger partial charge in [-0.1, -0.05) is 19.1 Å². The van der Waals surface area contributed by atoms with E-state index < -0.39 is 0 Å². The summed E-state index contributed by atoms with van der Waals surface area (Å²) in [6, 6.07) is 6.68. The van der Waals surface area contributed by atoms with Crippen LogP contribution in [0.4, 0.5) is 0 Å². The van der Waals surface area contributed by atoms with E-state index in [0.29, 0.717) is 24.1 Å². The summed E-state index contributed by atoms with van der Waals surface area (Å²) in [7, 11) is 0. The van der Waals surface area contributed by atoms with Gasteiger partial charge >= 0.3 is 0 Å². The fraction of sp³-hybridized carbons (Fsp3) is 0.333. The highest BCUT2D eigenvalue weighted by molar-refractivity contribution is 6.21. The number of nitrogens with zero attached hydrogens (tertiary/aromatic N) is 1. The van der Waals surface area contributed by atoms with Gasteiger partial charge in [0.2, 0.25) is 0 Å². The van der Waals surface area contributed by atoms with Crippen molar-refractivity contribution in [3.05, 3.63) is 35.4 Å². The topological polar surface area (TPSA) is 63.4 Å². The minimum Gasteiger partial charge on any atom is -0.328 e. The molecule has 0 bridgehead atoms. The highest BCUT2D eigenvalue weighted by atomic mass is 16.2. The predicted octanol–water partition coefficient (Wildman–Crippen LogP) is 1.02. The molecular weight excluding hydrogens is 204 g/mol. The van der Waals surface area contributed by atoms with E-state index in [1.165, 1.54) is 4.90 Å². The fourth-order valence-corrected chi connectivity index (χ4v) is 1.99. The zero-order valence-corrected chi connectivity index (χ0v) is 9.14. The van der Waals surface area contributed by atoms with Crippen LogP contribution in [0, 0.1) is 0 Å². The molecule has 1 heterocycles. The Morgan fingerprint density at radius 1 is 1.19 bits per heavy atom. The number of hydrogen-bond acceptors (Lipinski definition) is 3. The molecule has 0 radical (unpaired) electrons. The second-order valence-corrected chi connectivity index (χ2v) is 3.82. The number of hydrogen-bond donors (Lipinski definition) is 1. The van der Waals surface area contributed by atoms with Gasteiger partial charge in [-0.2, -0.15) is 0 Å². The van der Waals surface area contributed by atoms with Gasteiger partial charge in [-0.05, 0) is 18.6 Å². The van der Waals surface area contributed by atoms with Crippen LogP contribution >= 0.6 is 0 Å². The number of nitrogens with two attached hydrogens (primary N) is 1. The lowest BCUT2D eigenvalue weighted by Gasteiger charge is -2.23. The maximum absolute atomic E-state index is 12.0. The summed E-state index contributed by atoms with van der Waals surface area (Å²) in [6.07, 6.45) is 0.683. The monoisotopic (exact) mass is 218 g/mol. The molecule has 1 aliphatic rings. The van der Waals surface area contributed by atoms with E-state index in [1.54, 1.807) is 24.3 Å². The van der Waals surface area contributed by atoms with Crippen LogP contribution in [0.2, 0.25) is 0 Å². The van der Waals surface area contributed by atoms with Gasteiger partial charge in [-0.25, -0.2) is 0 Å². The summed E-state index contributed by atoms with van der Waals surface area (Å²) in [5, 5.41) is 0. The van der Waals surface area contributed by atoms with Gasteiger partial charge in [-0.3, -0.25) is 14.5 Å². The van der Waals surface area contributed by atoms with Crippen LogP contribution in [0.3, 0.4) is 0 Å². The van der Waals surface area contributed by atoms with Crippen molar-refractivity contribution >= 4 is 11.8 Å². The van der Waals surface area contributed by atoms with Crippen LogP contribution in [-0.2, 0) is 0 Å². The van der Waals surface area contributed by atoms with Crippen LogP contribution < -0.4 is 5.73 Å². The Labute approximate surface area is 94.0 Å². The number of carbonyl (C=O) groups excluding carboxylic acids is 2. The summed E-state index contributed by atoms with van der Waals surface area (Å²) in [5.74, 6) is -0.448. The lowest BCUT2D eigenvalue weighted by molar-refractivity contribution is 0.0585. The minimum absolute atomic E-state index is 0.201. The largest absolute Gasteiger partial charge is 0.328 e. The van der Waals surface area contributed by atoms with Gasteiger partial charge in [0.05, 0.1) is 17.2 Å². The highest BCUT2D eigenvalue weighted by Gasteiger charge is 2.38. The standard InChI is InChI=1S/C12H14N2O2/c1-2-8(7-13)14-11(15)9-5-3-4-6-10(9)12(14)16/h3-6,8H,2,7,13H2,1H3. The molecule has 1 unspecified atom stereocenters. The van der Waals surface area contributed by atoms with E-state index in [4.69, 9.17) is 5.73 Å². The molecule has 1 aromatic carbocycles. The molecule has 2 rings (SSSR count). The van der Waals surface area contributed by atoms with Gasteiger partial charge < -0.3 is 5.73 Å². The molecular formula is C12H14N2O2. The van der Waals surface area contributed by atoms with Crippen LogP contribution in [-0.4, -0.2) is 29.3 Å². The molecule has 0 spiro atoms. The van der Waals surface area contributed by atoms with E-state index in [0.717, 1.165) is 0 Å². The van der Waals surface area contributed by atoms with Gasteiger partial charge in [0.1, 0.15) is 0 Å². The second-order valence-electron chi connectivity index (χ2n) is 3.82. The van der Waals surface area contributed by atoms with Crippen molar-refractivity contribution in [3.63, 3.8) is 0 Å². The molecule has 1 aliphatic heterocycles. The number of rotatable bonds is 3. The van der Waals surface area contributed by atoms with Crippen molar-refractivity contribution in [1.82, 2.24) is 4.90 Å². The Bertz CT molecular complexity index is 403. The van der Waals surface area contributed by atoms with E-state index in [1.807, 2.05) is 6.92 Å². The molecule has 0 aliphatic carbocycles. The molecule has 2 amide bonds. The number of benzene rings is 1. The Kier molecular flexibility index (Phi) is 2.75. The molecule has 16 heavy (non-hydrogen) atoms. The third-order valence-corrected chi connectivity index (χ3v) is 2.93. The zero-order chi connectivity index (χ0) is 11.7. The number of amides is 2. The molecule has 0 saturated heterocycles. The van der Waals surface area contributed by atoms with Gasteiger partial charge in [0.25, 0.3) is 11.8 Å². The van der Waals surface area contributed by atoms with Gasteiger partial charge in [0, 0.05) is 6.54 Å². The van der Waals surface area contributed by atoms with Crippen molar-refractivity contribution in [2.75, 3.05) is 6.54 Å². The SMILES string of the molecule is CCC(CN)N1C(=O)c2ccccc2C1=O. The molecule has 2 N–H and O–H groups in total. The van der Waals surface area contributed by atoms with Crippen LogP contribution in [0.1, 0.15) is 34.1 Å². The van der Waals surface area contributed by atoms with Gasteiger partial charge in [0.15, 0.2) is 0 Å². The summed E-state index contributed by atoms with van der Waals surface area (Å²) < 4.78 is 0. The van der Waals surface area contributed by atoms with Crippen molar-refractivity contribution in [2.24, 2.45) is 5.73 Å². The average Bonchev–Trinajstić information content (AvgIpc) is 2.57. The first-order valence-corrected chi connectivity index (χ1v) is 5.37. The Morgan fingerprint density at radius 3 is 2.06 bits per heavy atom. The Balaban J connectivity index is 2.42. The zero-order valence-electron chi connectivity index (χ0n) is 9.14. The number of imide groups is 1. The molecule has 1 aromatic rings. The first-order chi connectivity index (χ1) is 7.70. The van der Waals surface area contributed by atoms with E-state index >= 15 is 0 Å². The van der Waals surface area contributed by atoms with Crippen LogP contribution in [0.5, 0.6) is 0 Å². The first-order valence-electron chi connectivity index (χ1n) is 5.37. The van der Waals surface area contributed by atoms with E-state index in [2.05, 4.69) is 0 Å². The minimum atomic E-state index is -0.224. The summed E-state index contributed by atoms with van der Waals surface area (Å²) in [5.41, 5.74) is 6.55. The van der Waals surface area contributed by atoms with E-state index in [-0.39, 0.29) is 17.9 Å². The number of carbonyl (C=O) groups is 2. The molecule has 84 valence electrons. The summed E-state index contributed by atoms with van der Waals surface area (Å²) in [4.78, 5) is 25.3. The van der Waals surface area contributed by atoms with Gasteiger partial charge in [-0.15, -0.1) is 0 Å². The van der Waals surface area contributed by atoms with Crippen molar-refractivity contribution in [1.29, 1.82) is 0 Å². The highest BCUT2D eigenvalue weighted by Crippen LogP contribution is 2.24. The van der Waals surface area contributed by atoms with Crippen molar-refractivity contribution < 1.29 is 9.59 Å². The summed E-state index contributed by atoms with van der Waals surface area (Å²) >= 11 is 0. The lowest BCUT2D eigenvalue weighted by Crippen LogP contribution is -2.43. The maximum Gasteiger partial charge on any atom is 0.261 e. The maximum atomic E-state index is 12.0. The smallest absolute Gasteiger partial charge is 0.261 e. The average molecular weight is 218 g/mol. The quantitative estimate of drug-likeness (QED) is 0.770. The van der Waals surface area contributed by atoms with Crippen molar-refractivity contribution in [2.45, 2.75) is 19.4 Å². The normalized spacial score (nSPS) is 16.5. The molecule has 0 fully saturated rings. The summed E-state index contributed by atoms with van der Waals surface area (Å²) in [6.45, 7) is 2.23. The third-order valence-electron chi connectivity index (χ3n) is 2.93. The Morgan fingerprint density at radius 2 is 1.69 bits per heavy atom. The molecule has 1 atom stereocenters.